The van der Waals surface area contributed by atoms with Gasteiger partial charge in [0.1, 0.15) is 5.84 Å². The number of aliphatic imine (C=N–C) groups is 2. The van der Waals surface area contributed by atoms with E-state index in [4.69, 9.17) is 15.7 Å². The van der Waals surface area contributed by atoms with Gasteiger partial charge in [-0.25, -0.2) is 4.99 Å². The van der Waals surface area contributed by atoms with Crippen LogP contribution in [0.1, 0.15) is 61.2 Å². The number of hydrogen-bond acceptors (Lipinski definition) is 1. The third-order valence-corrected chi connectivity index (χ3v) is 15.2. The molecule has 0 amide bonds. The van der Waals surface area contributed by atoms with E-state index in [1.807, 2.05) is 6.07 Å². The fourth-order valence-corrected chi connectivity index (χ4v) is 12.5. The molecule has 0 fully saturated rings. The first-order valence-corrected chi connectivity index (χ1v) is 23.6. The summed E-state index contributed by atoms with van der Waals surface area (Å²) in [4.78, 5) is 10.7. The molecular weight excluding hydrogens is 823 g/mol. The first-order valence-electron chi connectivity index (χ1n) is 23.6. The van der Waals surface area contributed by atoms with Crippen molar-refractivity contribution in [1.29, 1.82) is 0 Å². The molecule has 0 saturated carbocycles. The Balaban J connectivity index is 0.909. The largest absolute Gasteiger partial charge is 0.383 e. The van der Waals surface area contributed by atoms with Crippen LogP contribution in [0.5, 0.6) is 0 Å². The van der Waals surface area contributed by atoms with E-state index in [1.54, 1.807) is 0 Å². The molecule has 4 aliphatic rings. The molecule has 0 unspecified atom stereocenters. The van der Waals surface area contributed by atoms with Crippen molar-refractivity contribution in [2.45, 2.75) is 17.4 Å². The van der Waals surface area contributed by atoms with Crippen molar-refractivity contribution in [3.63, 3.8) is 0 Å². The van der Waals surface area contributed by atoms with Crippen LogP contribution < -0.4 is 5.73 Å². The Morgan fingerprint density at radius 3 is 1.13 bits per heavy atom. The third-order valence-electron chi connectivity index (χ3n) is 15.2. The predicted molar refractivity (Wildman–Crippen MR) is 278 cm³/mol. The summed E-state index contributed by atoms with van der Waals surface area (Å²) in [5.74, 6) is 1.01. The quantitative estimate of drug-likeness (QED) is 0.136. The molecule has 0 atom stereocenters. The van der Waals surface area contributed by atoms with Crippen molar-refractivity contribution in [3.05, 3.63) is 298 Å². The van der Waals surface area contributed by atoms with Crippen LogP contribution in [0.2, 0.25) is 0 Å². The van der Waals surface area contributed by atoms with Gasteiger partial charge in [0.05, 0.1) is 17.4 Å². The lowest BCUT2D eigenvalue weighted by atomic mass is 9.70. The van der Waals surface area contributed by atoms with Crippen LogP contribution in [0, 0.1) is 0 Å². The molecule has 68 heavy (non-hydrogen) atoms. The van der Waals surface area contributed by atoms with Gasteiger partial charge in [-0.05, 0) is 112 Å². The lowest BCUT2D eigenvalue weighted by molar-refractivity contribution is 0.791. The van der Waals surface area contributed by atoms with E-state index in [9.17, 15) is 0 Å². The lowest BCUT2D eigenvalue weighted by Crippen LogP contribution is -2.26. The fraction of sp³-hybridized carbons (Fsp3) is 0.0462. The van der Waals surface area contributed by atoms with Gasteiger partial charge in [-0.1, -0.05) is 231 Å². The van der Waals surface area contributed by atoms with Gasteiger partial charge >= 0.3 is 0 Å². The highest BCUT2D eigenvalue weighted by Crippen LogP contribution is 2.64. The third kappa shape index (κ3) is 5.24. The molecule has 318 valence electrons. The zero-order valence-corrected chi connectivity index (χ0v) is 37.2. The van der Waals surface area contributed by atoms with E-state index < -0.39 is 10.8 Å². The molecular formula is C65H43N3. The molecule has 14 rings (SSSR count). The van der Waals surface area contributed by atoms with Gasteiger partial charge in [0.2, 0.25) is 0 Å². The van der Waals surface area contributed by atoms with Crippen LogP contribution in [-0.2, 0) is 17.4 Å². The summed E-state index contributed by atoms with van der Waals surface area (Å²) in [6.07, 6.45) is 0. The maximum atomic E-state index is 7.26. The molecule has 10 aromatic rings. The van der Waals surface area contributed by atoms with Crippen molar-refractivity contribution >= 4 is 11.7 Å². The van der Waals surface area contributed by atoms with Crippen LogP contribution in [0.3, 0.4) is 0 Å². The molecule has 0 radical (unpaired) electrons. The monoisotopic (exact) mass is 865 g/mol. The molecule has 0 saturated heterocycles. The molecule has 0 heterocycles. The number of nitrogens with zero attached hydrogens (tertiary/aromatic N) is 2. The van der Waals surface area contributed by atoms with Gasteiger partial charge in [-0.3, -0.25) is 4.99 Å². The van der Waals surface area contributed by atoms with Crippen molar-refractivity contribution < 1.29 is 0 Å². The number of benzene rings is 10. The summed E-state index contributed by atoms with van der Waals surface area (Å²) in [6.45, 7) is 0.422. The van der Waals surface area contributed by atoms with Gasteiger partial charge in [0.25, 0.3) is 0 Å². The van der Waals surface area contributed by atoms with Crippen LogP contribution in [0.4, 0.5) is 0 Å². The second-order valence-corrected chi connectivity index (χ2v) is 18.5. The topological polar surface area (TPSA) is 50.7 Å². The second kappa shape index (κ2) is 14.7. The number of hydrogen-bond donors (Lipinski definition) is 1. The van der Waals surface area contributed by atoms with Crippen LogP contribution in [-0.4, -0.2) is 11.7 Å². The van der Waals surface area contributed by atoms with Gasteiger partial charge in [-0.15, -0.1) is 0 Å². The smallest absolute Gasteiger partial charge is 0.157 e. The molecule has 3 nitrogen and oxygen atoms in total. The van der Waals surface area contributed by atoms with Crippen molar-refractivity contribution in [2.75, 3.05) is 0 Å². The molecule has 0 bridgehead atoms. The van der Waals surface area contributed by atoms with Crippen LogP contribution in [0.25, 0.3) is 55.6 Å². The number of nitrogens with two attached hydrogens (primary N) is 1. The minimum atomic E-state index is -0.482. The maximum Gasteiger partial charge on any atom is 0.157 e. The zero-order chi connectivity index (χ0) is 45.0. The van der Waals surface area contributed by atoms with Gasteiger partial charge in [0, 0.05) is 11.1 Å². The minimum absolute atomic E-state index is 0.422. The Bertz CT molecular complexity index is 3650. The number of rotatable bonds is 5. The van der Waals surface area contributed by atoms with E-state index in [0.29, 0.717) is 18.2 Å². The molecule has 10 aromatic carbocycles. The minimum Gasteiger partial charge on any atom is -0.383 e. The van der Waals surface area contributed by atoms with E-state index in [1.165, 1.54) is 89.0 Å². The van der Waals surface area contributed by atoms with E-state index in [-0.39, 0.29) is 0 Å². The standard InChI is InChI=1S/C65H43N3/c66-62(45-35-37-53-51-23-9-15-29-59(51)65(61(53)39-45)56-26-12-6-20-48(56)49-21-7-13-27-57(49)65)68-63(44-33-31-43(32-34-44)42-16-2-1-3-17-42)67-40-41-30-36-52-50-22-8-14-28-58(50)64(60(52)38-41)54-24-10-4-18-46(54)47-19-5-11-25-55(47)64/h1-39H,40H2,(H2,66,67,68). The summed E-state index contributed by atoms with van der Waals surface area (Å²) >= 11 is 0. The summed E-state index contributed by atoms with van der Waals surface area (Å²) in [6, 6.07) is 86.2. The van der Waals surface area contributed by atoms with Gasteiger partial charge in [-0.2, -0.15) is 0 Å². The van der Waals surface area contributed by atoms with E-state index in [2.05, 4.69) is 231 Å². The average molecular weight is 866 g/mol. The highest BCUT2D eigenvalue weighted by Gasteiger charge is 2.53. The van der Waals surface area contributed by atoms with Gasteiger partial charge in [0.15, 0.2) is 5.84 Å². The first kappa shape index (κ1) is 38.6. The Hall–Kier alpha value is -8.66. The highest BCUT2D eigenvalue weighted by atomic mass is 15.0. The summed E-state index contributed by atoms with van der Waals surface area (Å²) in [5, 5.41) is 0. The van der Waals surface area contributed by atoms with Crippen LogP contribution in [0.15, 0.2) is 247 Å². The first-order chi connectivity index (χ1) is 33.6. The SMILES string of the molecule is NC(=NC(=NCc1ccc2c(c1)C1(c3ccccc3-c3ccccc31)c1ccccc1-2)c1ccc(-c2ccccc2)cc1)c1ccc2c(c1)C1(c3ccccc3-c3ccccc31)c1ccccc1-2. The maximum absolute atomic E-state index is 7.26. The Kier molecular flexibility index (Phi) is 8.33. The Morgan fingerprint density at radius 1 is 0.324 bits per heavy atom. The molecule has 2 spiro atoms. The van der Waals surface area contributed by atoms with E-state index in [0.717, 1.165) is 27.8 Å². The average Bonchev–Trinajstić information content (AvgIpc) is 4.09. The van der Waals surface area contributed by atoms with Crippen LogP contribution >= 0.6 is 0 Å². The van der Waals surface area contributed by atoms with Crippen molar-refractivity contribution in [3.8, 4) is 55.6 Å². The molecule has 3 heteroatoms. The van der Waals surface area contributed by atoms with Crippen molar-refractivity contribution in [2.24, 2.45) is 15.7 Å². The highest BCUT2D eigenvalue weighted by molar-refractivity contribution is 6.12. The normalized spacial score (nSPS) is 14.7. The lowest BCUT2D eigenvalue weighted by Gasteiger charge is -2.30. The molecule has 0 aliphatic heterocycles. The summed E-state index contributed by atoms with van der Waals surface area (Å²) < 4.78 is 0. The number of amidine groups is 2. The fourth-order valence-electron chi connectivity index (χ4n) is 12.5. The molecule has 0 aromatic heterocycles. The summed E-state index contributed by atoms with van der Waals surface area (Å²) in [5.41, 5.74) is 32.1. The van der Waals surface area contributed by atoms with E-state index >= 15 is 0 Å². The summed E-state index contributed by atoms with van der Waals surface area (Å²) in [7, 11) is 0. The second-order valence-electron chi connectivity index (χ2n) is 18.5. The number of fused-ring (bicyclic) bond motifs is 20. The van der Waals surface area contributed by atoms with Crippen molar-refractivity contribution in [1.82, 2.24) is 0 Å². The predicted octanol–water partition coefficient (Wildman–Crippen LogP) is 14.4. The van der Waals surface area contributed by atoms with Gasteiger partial charge < -0.3 is 5.73 Å². The molecule has 4 aliphatic carbocycles. The molecule has 2 N–H and O–H groups in total. The zero-order valence-electron chi connectivity index (χ0n) is 37.2. The Labute approximate surface area is 396 Å². The Morgan fingerprint density at radius 2 is 0.676 bits per heavy atom.